The van der Waals surface area contributed by atoms with E-state index in [0.717, 1.165) is 12.0 Å². The second-order valence-corrected chi connectivity index (χ2v) is 3.67. The fourth-order valence-electron chi connectivity index (χ4n) is 1.54. The van der Waals surface area contributed by atoms with Crippen molar-refractivity contribution in [2.24, 2.45) is 0 Å². The Morgan fingerprint density at radius 1 is 1.44 bits per heavy atom. The number of hydrogen-bond donors (Lipinski definition) is 1. The highest BCUT2D eigenvalue weighted by Gasteiger charge is 2.23. The van der Waals surface area contributed by atoms with Gasteiger partial charge < -0.3 is 9.47 Å². The molecule has 82 valence electrons. The van der Waals surface area contributed by atoms with Gasteiger partial charge in [0.2, 0.25) is 5.88 Å². The predicted octanol–water partition coefficient (Wildman–Crippen LogP) is 0.701. The molecule has 1 atom stereocenters. The van der Waals surface area contributed by atoms with E-state index in [4.69, 9.17) is 9.47 Å². The van der Waals surface area contributed by atoms with Crippen LogP contribution in [-0.4, -0.2) is 29.5 Å². The Morgan fingerprint density at radius 3 is 2.94 bits per heavy atom. The van der Waals surface area contributed by atoms with Crippen molar-refractivity contribution >= 4 is 10.8 Å². The van der Waals surface area contributed by atoms with Gasteiger partial charge in [-0.2, -0.15) is 0 Å². The summed E-state index contributed by atoms with van der Waals surface area (Å²) in [4.78, 5) is 11.5. The van der Waals surface area contributed by atoms with Crippen molar-refractivity contribution in [1.29, 1.82) is 0 Å². The smallest absolute Gasteiger partial charge is 0.272 e. The van der Waals surface area contributed by atoms with Crippen molar-refractivity contribution in [2.45, 2.75) is 6.10 Å². The summed E-state index contributed by atoms with van der Waals surface area (Å²) in [5.74, 6) is 0.450. The lowest BCUT2D eigenvalue weighted by atomic mass is 10.2. The number of epoxide rings is 1. The zero-order chi connectivity index (χ0) is 11.0. The van der Waals surface area contributed by atoms with Gasteiger partial charge in [-0.15, -0.1) is 5.10 Å². The minimum absolute atomic E-state index is 0.174. The molecule has 1 saturated heterocycles. The highest BCUT2D eigenvalue weighted by atomic mass is 16.6. The van der Waals surface area contributed by atoms with Crippen LogP contribution in [0.4, 0.5) is 0 Å². The number of ether oxygens (including phenoxy) is 2. The number of aromatic nitrogens is 2. The molecule has 1 fully saturated rings. The van der Waals surface area contributed by atoms with E-state index in [2.05, 4.69) is 10.2 Å². The van der Waals surface area contributed by atoms with Crippen LogP contribution in [-0.2, 0) is 4.74 Å². The van der Waals surface area contributed by atoms with Crippen molar-refractivity contribution in [3.8, 4) is 5.88 Å². The van der Waals surface area contributed by atoms with Gasteiger partial charge in [-0.3, -0.25) is 4.79 Å². The van der Waals surface area contributed by atoms with Gasteiger partial charge in [0.15, 0.2) is 0 Å². The molecular weight excluding hydrogens is 208 g/mol. The Bertz CT molecular complexity index is 575. The Balaban J connectivity index is 2.02. The quantitative estimate of drug-likeness (QED) is 0.770. The SMILES string of the molecule is O=c1[nH]nc(OCC2CO2)c2ccccc12. The highest BCUT2D eigenvalue weighted by molar-refractivity contribution is 5.85. The lowest BCUT2D eigenvalue weighted by molar-refractivity contribution is 0.256. The van der Waals surface area contributed by atoms with Gasteiger partial charge in [-0.25, -0.2) is 5.10 Å². The van der Waals surface area contributed by atoms with E-state index in [-0.39, 0.29) is 11.7 Å². The summed E-state index contributed by atoms with van der Waals surface area (Å²) in [6.07, 6.45) is 0.174. The molecule has 0 amide bonds. The number of hydrogen-bond acceptors (Lipinski definition) is 4. The molecule has 1 aliphatic heterocycles. The molecule has 0 bridgehead atoms. The molecule has 1 aromatic heterocycles. The molecule has 1 aliphatic rings. The summed E-state index contributed by atoms with van der Waals surface area (Å²) in [6, 6.07) is 7.23. The van der Waals surface area contributed by atoms with Crippen molar-refractivity contribution in [2.75, 3.05) is 13.2 Å². The fraction of sp³-hybridized carbons (Fsp3) is 0.273. The third-order valence-electron chi connectivity index (χ3n) is 2.47. The topological polar surface area (TPSA) is 67.5 Å². The summed E-state index contributed by atoms with van der Waals surface area (Å²) in [5, 5.41) is 7.62. The summed E-state index contributed by atoms with van der Waals surface area (Å²) < 4.78 is 10.5. The van der Waals surface area contributed by atoms with Crippen LogP contribution in [0.3, 0.4) is 0 Å². The third kappa shape index (κ3) is 1.65. The number of benzene rings is 1. The maximum atomic E-state index is 11.5. The largest absolute Gasteiger partial charge is 0.473 e. The first-order valence-electron chi connectivity index (χ1n) is 5.06. The molecule has 5 nitrogen and oxygen atoms in total. The normalized spacial score (nSPS) is 18.6. The lowest BCUT2D eigenvalue weighted by Gasteiger charge is -2.05. The van der Waals surface area contributed by atoms with Crippen molar-refractivity contribution < 1.29 is 9.47 Å². The zero-order valence-electron chi connectivity index (χ0n) is 8.47. The minimum atomic E-state index is -0.203. The fourth-order valence-corrected chi connectivity index (χ4v) is 1.54. The molecule has 1 aromatic carbocycles. The van der Waals surface area contributed by atoms with Crippen LogP contribution in [0.1, 0.15) is 0 Å². The van der Waals surface area contributed by atoms with Gasteiger partial charge in [0.1, 0.15) is 12.7 Å². The van der Waals surface area contributed by atoms with E-state index in [9.17, 15) is 4.79 Å². The average molecular weight is 218 g/mol. The first-order valence-corrected chi connectivity index (χ1v) is 5.06. The van der Waals surface area contributed by atoms with Crippen LogP contribution in [0.5, 0.6) is 5.88 Å². The average Bonchev–Trinajstić information content (AvgIpc) is 3.13. The molecule has 0 radical (unpaired) electrons. The van der Waals surface area contributed by atoms with E-state index in [1.807, 2.05) is 18.2 Å². The number of fused-ring (bicyclic) bond motifs is 1. The molecule has 2 heterocycles. The summed E-state index contributed by atoms with van der Waals surface area (Å²) in [7, 11) is 0. The van der Waals surface area contributed by atoms with Crippen molar-refractivity contribution in [3.05, 3.63) is 34.6 Å². The molecule has 5 heteroatoms. The molecule has 1 unspecified atom stereocenters. The summed E-state index contributed by atoms with van der Waals surface area (Å²) in [6.45, 7) is 1.21. The molecule has 0 spiro atoms. The first kappa shape index (κ1) is 9.35. The van der Waals surface area contributed by atoms with Crippen LogP contribution in [0.2, 0.25) is 0 Å². The van der Waals surface area contributed by atoms with Gasteiger partial charge in [0.25, 0.3) is 5.56 Å². The zero-order valence-corrected chi connectivity index (χ0v) is 8.47. The second kappa shape index (κ2) is 3.61. The summed E-state index contributed by atoms with van der Waals surface area (Å²) in [5.41, 5.74) is -0.203. The van der Waals surface area contributed by atoms with Gasteiger partial charge in [-0.05, 0) is 12.1 Å². The Morgan fingerprint density at radius 2 is 2.19 bits per heavy atom. The number of aromatic amines is 1. The van der Waals surface area contributed by atoms with Gasteiger partial charge >= 0.3 is 0 Å². The Labute approximate surface area is 91.0 Å². The molecule has 0 aliphatic carbocycles. The highest BCUT2D eigenvalue weighted by Crippen LogP contribution is 2.20. The monoisotopic (exact) mass is 218 g/mol. The molecule has 16 heavy (non-hydrogen) atoms. The van der Waals surface area contributed by atoms with E-state index < -0.39 is 0 Å². The van der Waals surface area contributed by atoms with Crippen LogP contribution in [0.25, 0.3) is 10.8 Å². The van der Waals surface area contributed by atoms with Crippen LogP contribution >= 0.6 is 0 Å². The van der Waals surface area contributed by atoms with Crippen molar-refractivity contribution in [1.82, 2.24) is 10.2 Å². The van der Waals surface area contributed by atoms with E-state index in [0.29, 0.717) is 17.9 Å². The number of nitrogens with zero attached hydrogens (tertiary/aromatic N) is 1. The van der Waals surface area contributed by atoms with Crippen molar-refractivity contribution in [3.63, 3.8) is 0 Å². The minimum Gasteiger partial charge on any atom is -0.473 e. The maximum absolute atomic E-state index is 11.5. The summed E-state index contributed by atoms with van der Waals surface area (Å²) >= 11 is 0. The molecular formula is C11H10N2O3. The molecule has 1 N–H and O–H groups in total. The second-order valence-electron chi connectivity index (χ2n) is 3.67. The molecule has 2 aromatic rings. The van der Waals surface area contributed by atoms with Crippen LogP contribution in [0.15, 0.2) is 29.1 Å². The van der Waals surface area contributed by atoms with Gasteiger partial charge in [0, 0.05) is 0 Å². The van der Waals surface area contributed by atoms with E-state index in [1.54, 1.807) is 6.07 Å². The first-order chi connectivity index (χ1) is 7.84. The van der Waals surface area contributed by atoms with Crippen LogP contribution < -0.4 is 10.3 Å². The number of nitrogens with one attached hydrogen (secondary N) is 1. The number of H-pyrrole nitrogens is 1. The van der Waals surface area contributed by atoms with E-state index >= 15 is 0 Å². The lowest BCUT2D eigenvalue weighted by Crippen LogP contribution is -2.12. The predicted molar refractivity (Wildman–Crippen MR) is 57.6 cm³/mol. The Hall–Kier alpha value is -1.88. The number of rotatable bonds is 3. The molecule has 0 saturated carbocycles. The standard InChI is InChI=1S/C11H10N2O3/c14-10-8-3-1-2-4-9(8)11(13-12-10)16-6-7-5-15-7/h1-4,7H,5-6H2,(H,12,14). The molecule has 3 rings (SSSR count). The van der Waals surface area contributed by atoms with Gasteiger partial charge in [-0.1, -0.05) is 12.1 Å². The van der Waals surface area contributed by atoms with Gasteiger partial charge in [0.05, 0.1) is 17.4 Å². The Kier molecular flexibility index (Phi) is 2.11. The third-order valence-corrected chi connectivity index (χ3v) is 2.47. The van der Waals surface area contributed by atoms with Crippen LogP contribution in [0, 0.1) is 0 Å². The van der Waals surface area contributed by atoms with E-state index in [1.165, 1.54) is 0 Å². The maximum Gasteiger partial charge on any atom is 0.272 e.